The standard InChI is InChI=1S/C49H43N3.C2H6/c1-36-18-12-14-30-48(36)52(43-26-10-5-11-27-43)45-29-17-25-41(33-45)47-35-42(38-20-7-4-8-21-38)34-46(50-47)40-24-16-28-44(32-40)51-37(2)19-6-3-9-22-39-23-13-15-31-49(39)51;1-2/h3-10,13-17,19-21,23-26,28-35H,2,11-12,18,22,27H2,1H3;1-2H3/b9-3-,19-6-;. The molecular formula is C51H49N3. The lowest BCUT2D eigenvalue weighted by molar-refractivity contribution is 0.864. The van der Waals surface area contributed by atoms with Crippen LogP contribution in [0.5, 0.6) is 0 Å². The second-order valence-electron chi connectivity index (χ2n) is 13.6. The lowest BCUT2D eigenvalue weighted by Gasteiger charge is -2.32. The van der Waals surface area contributed by atoms with Crippen LogP contribution in [0.25, 0.3) is 33.6 Å². The van der Waals surface area contributed by atoms with E-state index in [-0.39, 0.29) is 0 Å². The molecule has 0 saturated carbocycles. The number of hydrogen-bond donors (Lipinski definition) is 0. The molecule has 0 fully saturated rings. The van der Waals surface area contributed by atoms with Crippen LogP contribution >= 0.6 is 0 Å². The Morgan fingerprint density at radius 2 is 1.35 bits per heavy atom. The Morgan fingerprint density at radius 3 is 2.13 bits per heavy atom. The van der Waals surface area contributed by atoms with Crippen molar-refractivity contribution >= 4 is 17.1 Å². The highest BCUT2D eigenvalue weighted by atomic mass is 15.2. The van der Waals surface area contributed by atoms with Crippen LogP contribution in [0.1, 0.15) is 52.0 Å². The topological polar surface area (TPSA) is 19.4 Å². The molecule has 3 nitrogen and oxygen atoms in total. The molecule has 54 heavy (non-hydrogen) atoms. The molecule has 0 spiro atoms. The molecule has 2 aliphatic carbocycles. The van der Waals surface area contributed by atoms with Crippen LogP contribution in [-0.2, 0) is 6.42 Å². The lowest BCUT2D eigenvalue weighted by Crippen LogP contribution is -2.23. The molecule has 0 bridgehead atoms. The quantitative estimate of drug-likeness (QED) is 0.168. The molecule has 0 amide bonds. The van der Waals surface area contributed by atoms with Crippen LogP contribution in [0.4, 0.5) is 17.1 Å². The Bertz CT molecular complexity index is 2310. The van der Waals surface area contributed by atoms with Crippen LogP contribution in [0.2, 0.25) is 0 Å². The van der Waals surface area contributed by atoms with Gasteiger partial charge in [-0.25, -0.2) is 4.98 Å². The van der Waals surface area contributed by atoms with Gasteiger partial charge >= 0.3 is 0 Å². The van der Waals surface area contributed by atoms with E-state index in [2.05, 4.69) is 193 Å². The van der Waals surface area contributed by atoms with Crippen molar-refractivity contribution in [1.82, 2.24) is 4.98 Å². The van der Waals surface area contributed by atoms with Gasteiger partial charge in [-0.3, -0.25) is 0 Å². The zero-order valence-corrected chi connectivity index (χ0v) is 31.8. The Hall–Kier alpha value is -6.19. The molecule has 0 radical (unpaired) electrons. The van der Waals surface area contributed by atoms with E-state index in [1.54, 1.807) is 0 Å². The maximum Gasteiger partial charge on any atom is 0.0716 e. The Labute approximate surface area is 322 Å². The van der Waals surface area contributed by atoms with E-state index in [1.807, 2.05) is 13.8 Å². The third-order valence-electron chi connectivity index (χ3n) is 10.0. The molecule has 0 N–H and O–H groups in total. The van der Waals surface area contributed by atoms with Gasteiger partial charge in [0, 0.05) is 45.3 Å². The van der Waals surface area contributed by atoms with E-state index in [1.165, 1.54) is 22.5 Å². The summed E-state index contributed by atoms with van der Waals surface area (Å²) in [5, 5.41) is 0. The van der Waals surface area contributed by atoms with E-state index in [4.69, 9.17) is 4.98 Å². The fourth-order valence-electron chi connectivity index (χ4n) is 7.37. The summed E-state index contributed by atoms with van der Waals surface area (Å²) < 4.78 is 0. The number of aromatic nitrogens is 1. The molecule has 0 unspecified atom stereocenters. The van der Waals surface area contributed by atoms with Crippen LogP contribution in [0.3, 0.4) is 0 Å². The van der Waals surface area contributed by atoms with Crippen molar-refractivity contribution in [3.8, 4) is 33.6 Å². The van der Waals surface area contributed by atoms with Crippen molar-refractivity contribution in [2.24, 2.45) is 0 Å². The van der Waals surface area contributed by atoms with E-state index >= 15 is 0 Å². The largest absolute Gasteiger partial charge is 0.314 e. The number of benzene rings is 4. The minimum absolute atomic E-state index is 0.853. The average Bonchev–Trinajstić information content (AvgIpc) is 3.31. The number of hydrogen-bond acceptors (Lipinski definition) is 3. The van der Waals surface area contributed by atoms with E-state index in [0.29, 0.717) is 0 Å². The van der Waals surface area contributed by atoms with Gasteiger partial charge < -0.3 is 9.80 Å². The molecular weight excluding hydrogens is 655 g/mol. The van der Waals surface area contributed by atoms with E-state index in [0.717, 1.165) is 88.5 Å². The Balaban J connectivity index is 0.00000221. The van der Waals surface area contributed by atoms with E-state index in [9.17, 15) is 0 Å². The Kier molecular flexibility index (Phi) is 11.5. The fourth-order valence-corrected chi connectivity index (χ4v) is 7.37. The molecule has 0 atom stereocenters. The van der Waals surface area contributed by atoms with Gasteiger partial charge in [0.1, 0.15) is 0 Å². The predicted octanol–water partition coefficient (Wildman–Crippen LogP) is 14.1. The van der Waals surface area contributed by atoms with Gasteiger partial charge in [-0.15, -0.1) is 0 Å². The summed E-state index contributed by atoms with van der Waals surface area (Å²) in [7, 11) is 0. The van der Waals surface area contributed by atoms with Crippen molar-refractivity contribution in [2.45, 2.75) is 52.9 Å². The first kappa shape index (κ1) is 36.2. The van der Waals surface area contributed by atoms with Gasteiger partial charge in [0.05, 0.1) is 11.4 Å². The maximum atomic E-state index is 5.40. The second kappa shape index (κ2) is 17.1. The molecule has 1 aliphatic heterocycles. The number of nitrogens with zero attached hydrogens (tertiary/aromatic N) is 3. The van der Waals surface area contributed by atoms with Gasteiger partial charge in [-0.05, 0) is 122 Å². The number of rotatable bonds is 7. The average molecular weight is 704 g/mol. The van der Waals surface area contributed by atoms with Gasteiger partial charge in [0.25, 0.3) is 0 Å². The van der Waals surface area contributed by atoms with Crippen LogP contribution in [0, 0.1) is 0 Å². The molecule has 2 heterocycles. The van der Waals surface area contributed by atoms with Crippen LogP contribution in [0.15, 0.2) is 199 Å². The van der Waals surface area contributed by atoms with E-state index < -0.39 is 0 Å². The number of pyridine rings is 1. The molecule has 3 heteroatoms. The monoisotopic (exact) mass is 703 g/mol. The third-order valence-corrected chi connectivity index (χ3v) is 10.0. The predicted molar refractivity (Wildman–Crippen MR) is 232 cm³/mol. The fraction of sp³-hybridized carbons (Fsp3) is 0.157. The SMILES string of the molecule is C=C1/C=C\C=C/Cc2ccccc2N1c1cccc(-c2cc(-c3ccccc3)cc(-c3cccc(N(C4=CC=CCC4)C4=C(C)CCC=C4)c3)n2)c1.CC. The molecule has 4 aromatic carbocycles. The van der Waals surface area contributed by atoms with Gasteiger partial charge in [-0.1, -0.05) is 130 Å². The normalized spacial score (nSPS) is 16.2. The Morgan fingerprint density at radius 1 is 0.630 bits per heavy atom. The molecule has 1 aromatic heterocycles. The first-order chi connectivity index (χ1) is 26.6. The minimum atomic E-state index is 0.853. The third kappa shape index (κ3) is 7.91. The van der Waals surface area contributed by atoms with Crippen LogP contribution < -0.4 is 9.80 Å². The van der Waals surface area contributed by atoms with Crippen molar-refractivity contribution < 1.29 is 0 Å². The van der Waals surface area contributed by atoms with Gasteiger partial charge in [-0.2, -0.15) is 0 Å². The summed E-state index contributed by atoms with van der Waals surface area (Å²) >= 11 is 0. The summed E-state index contributed by atoms with van der Waals surface area (Å²) in [6.45, 7) is 10.8. The molecule has 0 saturated heterocycles. The number of anilines is 3. The number of fused-ring (bicyclic) bond motifs is 1. The zero-order chi connectivity index (χ0) is 37.3. The number of allylic oxidation sites excluding steroid dienone is 11. The molecule has 5 aromatic rings. The number of para-hydroxylation sites is 1. The summed E-state index contributed by atoms with van der Waals surface area (Å²) in [5.74, 6) is 0. The maximum absolute atomic E-state index is 5.40. The molecule has 268 valence electrons. The van der Waals surface area contributed by atoms with Gasteiger partial charge in [0.15, 0.2) is 0 Å². The van der Waals surface area contributed by atoms with Crippen molar-refractivity contribution in [3.05, 3.63) is 205 Å². The highest BCUT2D eigenvalue weighted by molar-refractivity contribution is 5.81. The second-order valence-corrected chi connectivity index (χ2v) is 13.6. The molecule has 3 aliphatic rings. The highest BCUT2D eigenvalue weighted by Gasteiger charge is 2.21. The minimum Gasteiger partial charge on any atom is -0.314 e. The van der Waals surface area contributed by atoms with Crippen molar-refractivity contribution in [3.63, 3.8) is 0 Å². The summed E-state index contributed by atoms with van der Waals surface area (Å²) in [5.41, 5.74) is 15.8. The summed E-state index contributed by atoms with van der Waals surface area (Å²) in [6.07, 6.45) is 24.9. The zero-order valence-electron chi connectivity index (χ0n) is 31.8. The molecule has 8 rings (SSSR count). The smallest absolute Gasteiger partial charge is 0.0716 e. The van der Waals surface area contributed by atoms with Crippen molar-refractivity contribution in [2.75, 3.05) is 9.80 Å². The summed E-state index contributed by atoms with van der Waals surface area (Å²) in [4.78, 5) is 10.1. The first-order valence-electron chi connectivity index (χ1n) is 19.3. The van der Waals surface area contributed by atoms with Gasteiger partial charge in [0.2, 0.25) is 0 Å². The van der Waals surface area contributed by atoms with Crippen LogP contribution in [-0.4, -0.2) is 4.98 Å². The van der Waals surface area contributed by atoms with Crippen molar-refractivity contribution in [1.29, 1.82) is 0 Å². The first-order valence-corrected chi connectivity index (χ1v) is 19.3. The highest BCUT2D eigenvalue weighted by Crippen LogP contribution is 2.39. The lowest BCUT2D eigenvalue weighted by atomic mass is 9.98. The summed E-state index contributed by atoms with van der Waals surface area (Å²) in [6, 6.07) is 41.3.